The van der Waals surface area contributed by atoms with Gasteiger partial charge < -0.3 is 10.4 Å². The average molecular weight is 398 g/mol. The molecule has 0 aliphatic rings. The summed E-state index contributed by atoms with van der Waals surface area (Å²) in [5.41, 5.74) is 5.30. The van der Waals surface area contributed by atoms with Gasteiger partial charge in [-0.1, -0.05) is 48.5 Å². The summed E-state index contributed by atoms with van der Waals surface area (Å²) >= 11 is 0. The molecule has 8 heteroatoms. The predicted molar refractivity (Wildman–Crippen MR) is 113 cm³/mol. The minimum atomic E-state index is -1.21. The monoisotopic (exact) mass is 398 g/mol. The van der Waals surface area contributed by atoms with Gasteiger partial charge in [-0.25, -0.2) is 9.31 Å². The maximum absolute atomic E-state index is 10.8. The Morgan fingerprint density at radius 1 is 1.07 bits per heavy atom. The molecule has 2 aromatic heterocycles. The lowest BCUT2D eigenvalue weighted by atomic mass is 10.1. The van der Waals surface area contributed by atoms with Gasteiger partial charge in [-0.2, -0.15) is 10.2 Å². The number of para-hydroxylation sites is 1. The molecule has 30 heavy (non-hydrogen) atoms. The Hall–Kier alpha value is -4.38. The summed E-state index contributed by atoms with van der Waals surface area (Å²) in [4.78, 5) is 15.0. The highest BCUT2D eigenvalue weighted by Crippen LogP contribution is 2.22. The third-order valence-corrected chi connectivity index (χ3v) is 4.60. The number of carboxylic acid groups (broad SMARTS) is 1. The summed E-state index contributed by atoms with van der Waals surface area (Å²) in [7, 11) is 0. The number of anilines is 2. The fourth-order valence-electron chi connectivity index (χ4n) is 3.20. The molecule has 0 fully saturated rings. The molecule has 1 amide bonds. The highest BCUT2D eigenvalue weighted by Gasteiger charge is 2.10. The van der Waals surface area contributed by atoms with Crippen molar-refractivity contribution in [2.75, 3.05) is 10.6 Å². The summed E-state index contributed by atoms with van der Waals surface area (Å²) in [5, 5.41) is 27.6. The Balaban J connectivity index is 1.54. The molecule has 0 aliphatic carbocycles. The highest BCUT2D eigenvalue weighted by molar-refractivity contribution is 5.80. The van der Waals surface area contributed by atoms with E-state index in [1.54, 1.807) is 10.6 Å². The van der Waals surface area contributed by atoms with Crippen LogP contribution >= 0.6 is 0 Å². The molecule has 0 bridgehead atoms. The maximum Gasteiger partial charge on any atom is 0.411 e. The fraction of sp³-hybridized carbons (Fsp3) is 0.0909. The zero-order valence-electron chi connectivity index (χ0n) is 15.9. The van der Waals surface area contributed by atoms with Gasteiger partial charge in [-0.05, 0) is 29.3 Å². The Morgan fingerprint density at radius 3 is 2.63 bits per heavy atom. The second-order valence-corrected chi connectivity index (χ2v) is 6.59. The van der Waals surface area contributed by atoms with Crippen molar-refractivity contribution in [2.24, 2.45) is 0 Å². The number of fused-ring (bicyclic) bond motifs is 1. The molecule has 148 valence electrons. The van der Waals surface area contributed by atoms with Gasteiger partial charge in [0.15, 0.2) is 5.65 Å². The van der Waals surface area contributed by atoms with Gasteiger partial charge in [0, 0.05) is 17.8 Å². The molecule has 3 N–H and O–H groups in total. The van der Waals surface area contributed by atoms with Gasteiger partial charge in [0.25, 0.3) is 5.95 Å². The van der Waals surface area contributed by atoms with E-state index in [9.17, 15) is 4.79 Å². The summed E-state index contributed by atoms with van der Waals surface area (Å²) in [6, 6.07) is 23.5. The Bertz CT molecular complexity index is 1240. The molecule has 0 saturated carbocycles. The first-order valence-corrected chi connectivity index (χ1v) is 9.28. The number of hydrogen-bond donors (Lipinski definition) is 3. The van der Waals surface area contributed by atoms with E-state index in [1.807, 2.05) is 60.7 Å². The average Bonchev–Trinajstić information content (AvgIpc) is 3.15. The second kappa shape index (κ2) is 8.32. The third-order valence-electron chi connectivity index (χ3n) is 4.60. The van der Waals surface area contributed by atoms with E-state index >= 15 is 0 Å². The van der Waals surface area contributed by atoms with Gasteiger partial charge in [-0.15, -0.1) is 5.10 Å². The lowest BCUT2D eigenvalue weighted by Gasteiger charge is -2.11. The number of hydrogen-bond acceptors (Lipinski definition) is 5. The first-order valence-electron chi connectivity index (χ1n) is 9.28. The molecular formula is C22H18N6O2. The minimum absolute atomic E-state index is 0.0341. The molecular weight excluding hydrogens is 380 g/mol. The summed E-state index contributed by atoms with van der Waals surface area (Å²) < 4.78 is 1.61. The largest absolute Gasteiger partial charge is 0.465 e. The third kappa shape index (κ3) is 4.05. The molecule has 0 unspecified atom stereocenters. The summed E-state index contributed by atoms with van der Waals surface area (Å²) in [5.74, 6) is 0.0341. The number of amides is 1. The Kier molecular flexibility index (Phi) is 5.26. The van der Waals surface area contributed by atoms with Crippen molar-refractivity contribution in [1.29, 1.82) is 5.26 Å². The molecule has 4 rings (SSSR count). The summed E-state index contributed by atoms with van der Waals surface area (Å²) in [6.07, 6.45) is -0.844. The lowest BCUT2D eigenvalue weighted by Crippen LogP contribution is -2.08. The van der Waals surface area contributed by atoms with E-state index < -0.39 is 6.09 Å². The highest BCUT2D eigenvalue weighted by atomic mass is 16.4. The standard InChI is InChI=1S/C22H18N6O2/c23-13-12-16-4-1-2-5-18(16)24-14-15-8-10-17(11-9-15)19-6-3-7-20-25-21(26-22(29)30)27-28(19)20/h1-11,24H,12,14H2,(H,26,27)(H,29,30). The van der Waals surface area contributed by atoms with Gasteiger partial charge in [0.1, 0.15) is 0 Å². The van der Waals surface area contributed by atoms with Crippen LogP contribution in [0.2, 0.25) is 0 Å². The van der Waals surface area contributed by atoms with Crippen LogP contribution in [0.5, 0.6) is 0 Å². The molecule has 8 nitrogen and oxygen atoms in total. The van der Waals surface area contributed by atoms with E-state index in [0.717, 1.165) is 28.1 Å². The maximum atomic E-state index is 10.8. The van der Waals surface area contributed by atoms with Crippen LogP contribution in [0.4, 0.5) is 16.4 Å². The smallest absolute Gasteiger partial charge is 0.411 e. The van der Waals surface area contributed by atoms with Gasteiger partial charge in [0.05, 0.1) is 18.2 Å². The van der Waals surface area contributed by atoms with Crippen molar-refractivity contribution in [2.45, 2.75) is 13.0 Å². The first kappa shape index (κ1) is 19.0. The fourth-order valence-corrected chi connectivity index (χ4v) is 3.20. The topological polar surface area (TPSA) is 115 Å². The quantitative estimate of drug-likeness (QED) is 0.449. The van der Waals surface area contributed by atoms with Gasteiger partial charge in [-0.3, -0.25) is 5.32 Å². The van der Waals surface area contributed by atoms with Crippen LogP contribution in [0.1, 0.15) is 11.1 Å². The van der Waals surface area contributed by atoms with Crippen molar-refractivity contribution in [3.63, 3.8) is 0 Å². The number of nitrogens with zero attached hydrogens (tertiary/aromatic N) is 4. The van der Waals surface area contributed by atoms with Crippen molar-refractivity contribution in [3.8, 4) is 17.3 Å². The van der Waals surface area contributed by atoms with Gasteiger partial charge >= 0.3 is 6.09 Å². The van der Waals surface area contributed by atoms with E-state index in [2.05, 4.69) is 26.8 Å². The van der Waals surface area contributed by atoms with E-state index in [0.29, 0.717) is 18.6 Å². The van der Waals surface area contributed by atoms with E-state index in [1.165, 1.54) is 0 Å². The number of nitriles is 1. The lowest BCUT2D eigenvalue weighted by molar-refractivity contribution is 0.209. The first-order chi connectivity index (χ1) is 14.6. The second-order valence-electron chi connectivity index (χ2n) is 6.59. The Morgan fingerprint density at radius 2 is 1.87 bits per heavy atom. The summed E-state index contributed by atoms with van der Waals surface area (Å²) in [6.45, 7) is 0.628. The zero-order chi connectivity index (χ0) is 20.9. The van der Waals surface area contributed by atoms with Crippen molar-refractivity contribution in [3.05, 3.63) is 77.9 Å². The van der Waals surface area contributed by atoms with Crippen LogP contribution in [0.3, 0.4) is 0 Å². The number of carbonyl (C=O) groups is 1. The number of pyridine rings is 1. The van der Waals surface area contributed by atoms with Crippen LogP contribution in [0.25, 0.3) is 16.9 Å². The van der Waals surface area contributed by atoms with Crippen LogP contribution < -0.4 is 10.6 Å². The van der Waals surface area contributed by atoms with Gasteiger partial charge in [0.2, 0.25) is 0 Å². The molecule has 0 spiro atoms. The molecule has 0 radical (unpaired) electrons. The van der Waals surface area contributed by atoms with Crippen LogP contribution in [0.15, 0.2) is 66.7 Å². The SMILES string of the molecule is N#CCc1ccccc1NCc1ccc(-c2cccc3nc(NC(=O)O)nn23)cc1. The van der Waals surface area contributed by atoms with E-state index in [4.69, 9.17) is 10.4 Å². The molecule has 4 aromatic rings. The van der Waals surface area contributed by atoms with Crippen LogP contribution in [-0.4, -0.2) is 25.8 Å². The van der Waals surface area contributed by atoms with E-state index in [-0.39, 0.29) is 5.95 Å². The molecule has 0 saturated heterocycles. The number of rotatable bonds is 6. The predicted octanol–water partition coefficient (Wildman–Crippen LogP) is 4.16. The Labute approximate surface area is 172 Å². The van der Waals surface area contributed by atoms with Crippen LogP contribution in [-0.2, 0) is 13.0 Å². The molecule has 0 atom stereocenters. The minimum Gasteiger partial charge on any atom is -0.465 e. The van der Waals surface area contributed by atoms with Crippen molar-refractivity contribution >= 4 is 23.4 Å². The zero-order valence-corrected chi connectivity index (χ0v) is 15.9. The van der Waals surface area contributed by atoms with Crippen molar-refractivity contribution < 1.29 is 9.90 Å². The normalized spacial score (nSPS) is 10.5. The molecule has 0 aliphatic heterocycles. The molecule has 2 aromatic carbocycles. The number of nitrogens with one attached hydrogen (secondary N) is 2. The number of benzene rings is 2. The van der Waals surface area contributed by atoms with Crippen LogP contribution in [0, 0.1) is 11.3 Å². The number of aromatic nitrogens is 3. The van der Waals surface area contributed by atoms with Crippen molar-refractivity contribution in [1.82, 2.24) is 14.6 Å². The molecule has 2 heterocycles.